The van der Waals surface area contributed by atoms with Crippen LogP contribution < -0.4 is 5.32 Å². The number of aromatic amines is 1. The molecule has 0 aliphatic heterocycles. The molecule has 5 rings (SSSR count). The lowest BCUT2D eigenvalue weighted by atomic mass is 9.49. The Morgan fingerprint density at radius 2 is 1.90 bits per heavy atom. The van der Waals surface area contributed by atoms with E-state index in [1.807, 2.05) is 13.0 Å². The maximum Gasteiger partial charge on any atom is 0.226 e. The van der Waals surface area contributed by atoms with E-state index in [9.17, 15) is 4.79 Å². The number of H-pyrrole nitrogens is 1. The summed E-state index contributed by atoms with van der Waals surface area (Å²) in [6.07, 6.45) is 8.84. The molecule has 4 heteroatoms. The third kappa shape index (κ3) is 2.15. The second-order valence-corrected chi connectivity index (χ2v) is 7.58. The number of nitrogens with zero attached hydrogens (tertiary/aromatic N) is 1. The molecule has 4 fully saturated rings. The van der Waals surface area contributed by atoms with Crippen LogP contribution in [0.25, 0.3) is 0 Å². The minimum absolute atomic E-state index is 0.151. The van der Waals surface area contributed by atoms with Gasteiger partial charge in [-0.15, -0.1) is 0 Å². The van der Waals surface area contributed by atoms with E-state index in [2.05, 4.69) is 15.5 Å². The van der Waals surface area contributed by atoms with Crippen LogP contribution in [0, 0.1) is 30.1 Å². The Kier molecular flexibility index (Phi) is 2.69. The van der Waals surface area contributed by atoms with E-state index in [-0.39, 0.29) is 5.91 Å². The zero-order chi connectivity index (χ0) is 13.7. The fourth-order valence-electron chi connectivity index (χ4n) is 5.52. The molecule has 4 aliphatic carbocycles. The summed E-state index contributed by atoms with van der Waals surface area (Å²) in [4.78, 5) is 12.3. The van der Waals surface area contributed by atoms with Crippen LogP contribution >= 0.6 is 0 Å². The Morgan fingerprint density at radius 3 is 2.40 bits per heavy atom. The summed E-state index contributed by atoms with van der Waals surface area (Å²) in [5.41, 5.74) is 1.29. The van der Waals surface area contributed by atoms with Gasteiger partial charge in [-0.3, -0.25) is 9.89 Å². The van der Waals surface area contributed by atoms with Gasteiger partial charge in [-0.25, -0.2) is 0 Å². The Balaban J connectivity index is 1.44. The molecule has 1 aromatic rings. The fraction of sp³-hybridized carbons (Fsp3) is 0.750. The number of anilines is 1. The average molecular weight is 273 g/mol. The lowest BCUT2D eigenvalue weighted by Gasteiger charge is -2.56. The maximum absolute atomic E-state index is 12.3. The molecule has 108 valence electrons. The van der Waals surface area contributed by atoms with Crippen LogP contribution in [-0.2, 0) is 4.79 Å². The second kappa shape index (κ2) is 4.34. The average Bonchev–Trinajstić information content (AvgIpc) is 2.71. The van der Waals surface area contributed by atoms with Gasteiger partial charge in [-0.1, -0.05) is 0 Å². The molecule has 1 heterocycles. The topological polar surface area (TPSA) is 57.8 Å². The minimum atomic E-state index is 0.151. The Bertz CT molecular complexity index is 498. The number of amides is 1. The molecule has 4 aliphatic rings. The smallest absolute Gasteiger partial charge is 0.226 e. The predicted octanol–water partition coefficient (Wildman–Crippen LogP) is 3.26. The molecule has 20 heavy (non-hydrogen) atoms. The van der Waals surface area contributed by atoms with Crippen molar-refractivity contribution in [2.75, 3.05) is 5.32 Å². The normalized spacial score (nSPS) is 38.1. The molecular weight excluding hydrogens is 250 g/mol. The number of carbonyl (C=O) groups excluding carboxylic acids is 1. The van der Waals surface area contributed by atoms with Crippen LogP contribution in [-0.4, -0.2) is 16.1 Å². The van der Waals surface area contributed by atoms with E-state index in [1.54, 1.807) is 0 Å². The summed E-state index contributed by atoms with van der Waals surface area (Å²) in [5, 5.41) is 9.92. The molecule has 2 N–H and O–H groups in total. The monoisotopic (exact) mass is 273 g/mol. The quantitative estimate of drug-likeness (QED) is 0.888. The third-order valence-corrected chi connectivity index (χ3v) is 5.67. The molecule has 0 unspecified atom stereocenters. The van der Waals surface area contributed by atoms with E-state index < -0.39 is 0 Å². The minimum Gasteiger partial charge on any atom is -0.309 e. The molecule has 1 aromatic heterocycles. The highest BCUT2D eigenvalue weighted by Crippen LogP contribution is 2.61. The number of hydrogen-bond donors (Lipinski definition) is 2. The van der Waals surface area contributed by atoms with Gasteiger partial charge in [0.2, 0.25) is 5.91 Å². The first-order chi connectivity index (χ1) is 9.60. The van der Waals surface area contributed by atoms with Crippen LogP contribution in [0.4, 0.5) is 5.82 Å². The van der Waals surface area contributed by atoms with Crippen molar-refractivity contribution < 1.29 is 4.79 Å². The zero-order valence-corrected chi connectivity index (χ0v) is 12.1. The summed E-state index contributed by atoms with van der Waals surface area (Å²) in [7, 11) is 0. The molecule has 0 spiro atoms. The van der Waals surface area contributed by atoms with Crippen molar-refractivity contribution in [3.8, 4) is 0 Å². The SMILES string of the molecule is Cc1cc(NC(=O)CC23CC4CC(CC(C4)C2)C3)n[nH]1. The highest BCUT2D eigenvalue weighted by Gasteiger charge is 2.51. The van der Waals surface area contributed by atoms with E-state index in [1.165, 1.54) is 38.5 Å². The van der Waals surface area contributed by atoms with Gasteiger partial charge in [0, 0.05) is 18.2 Å². The lowest BCUT2D eigenvalue weighted by molar-refractivity contribution is -0.124. The standard InChI is InChI=1S/C16H23N3O/c1-10-2-14(19-18-10)17-15(20)9-16-6-11-3-12(7-16)5-13(4-11)8-16/h2,11-13H,3-9H2,1H3,(H2,17,18,19,20). The van der Waals surface area contributed by atoms with Crippen LogP contribution in [0.3, 0.4) is 0 Å². The third-order valence-electron chi connectivity index (χ3n) is 5.67. The number of aromatic nitrogens is 2. The number of hydrogen-bond acceptors (Lipinski definition) is 2. The molecule has 0 atom stereocenters. The van der Waals surface area contributed by atoms with Crippen molar-refractivity contribution in [3.05, 3.63) is 11.8 Å². The first-order valence-electron chi connectivity index (χ1n) is 7.92. The van der Waals surface area contributed by atoms with Gasteiger partial charge in [-0.2, -0.15) is 5.10 Å². The second-order valence-electron chi connectivity index (χ2n) is 7.58. The van der Waals surface area contributed by atoms with E-state index >= 15 is 0 Å². The predicted molar refractivity (Wildman–Crippen MR) is 77.2 cm³/mol. The van der Waals surface area contributed by atoms with Crippen molar-refractivity contribution in [2.45, 2.75) is 51.9 Å². The van der Waals surface area contributed by atoms with Crippen LogP contribution in [0.5, 0.6) is 0 Å². The summed E-state index contributed by atoms with van der Waals surface area (Å²) >= 11 is 0. The highest BCUT2D eigenvalue weighted by atomic mass is 16.1. The van der Waals surface area contributed by atoms with Crippen molar-refractivity contribution in [1.82, 2.24) is 10.2 Å². The first-order valence-corrected chi connectivity index (χ1v) is 7.92. The van der Waals surface area contributed by atoms with Gasteiger partial charge in [0.05, 0.1) is 0 Å². The summed E-state index contributed by atoms with van der Waals surface area (Å²) in [6.45, 7) is 1.95. The number of nitrogens with one attached hydrogen (secondary N) is 2. The largest absolute Gasteiger partial charge is 0.309 e. The summed E-state index contributed by atoms with van der Waals surface area (Å²) < 4.78 is 0. The molecule has 0 aromatic carbocycles. The molecule has 0 saturated heterocycles. The highest BCUT2D eigenvalue weighted by molar-refractivity contribution is 5.90. The van der Waals surface area contributed by atoms with Gasteiger partial charge in [0.25, 0.3) is 0 Å². The molecule has 4 saturated carbocycles. The van der Waals surface area contributed by atoms with E-state index in [0.717, 1.165) is 23.4 Å². The van der Waals surface area contributed by atoms with Gasteiger partial charge in [0.1, 0.15) is 0 Å². The van der Waals surface area contributed by atoms with E-state index in [0.29, 0.717) is 17.7 Å². The Morgan fingerprint density at radius 1 is 1.30 bits per heavy atom. The molecule has 0 radical (unpaired) electrons. The van der Waals surface area contributed by atoms with Crippen molar-refractivity contribution >= 4 is 11.7 Å². The van der Waals surface area contributed by atoms with Gasteiger partial charge in [0.15, 0.2) is 5.82 Å². The van der Waals surface area contributed by atoms with Crippen molar-refractivity contribution in [2.24, 2.45) is 23.2 Å². The molecular formula is C16H23N3O. The first kappa shape index (κ1) is 12.4. The van der Waals surface area contributed by atoms with Gasteiger partial charge < -0.3 is 5.32 Å². The number of rotatable bonds is 3. The molecule has 4 nitrogen and oxygen atoms in total. The van der Waals surface area contributed by atoms with Gasteiger partial charge >= 0.3 is 0 Å². The van der Waals surface area contributed by atoms with Crippen LogP contribution in [0.15, 0.2) is 6.07 Å². The zero-order valence-electron chi connectivity index (χ0n) is 12.1. The number of aryl methyl sites for hydroxylation is 1. The fourth-order valence-corrected chi connectivity index (χ4v) is 5.52. The number of carbonyl (C=O) groups is 1. The Hall–Kier alpha value is -1.32. The van der Waals surface area contributed by atoms with Crippen LogP contribution in [0.2, 0.25) is 0 Å². The summed E-state index contributed by atoms with van der Waals surface area (Å²) in [5.74, 6) is 3.53. The van der Waals surface area contributed by atoms with Crippen molar-refractivity contribution in [1.29, 1.82) is 0 Å². The molecule has 4 bridgehead atoms. The Labute approximate surface area is 119 Å². The maximum atomic E-state index is 12.3. The summed E-state index contributed by atoms with van der Waals surface area (Å²) in [6, 6.07) is 1.89. The molecule has 1 amide bonds. The van der Waals surface area contributed by atoms with Gasteiger partial charge in [-0.05, 0) is 68.6 Å². The van der Waals surface area contributed by atoms with Crippen LogP contribution in [0.1, 0.15) is 50.6 Å². The van der Waals surface area contributed by atoms with E-state index in [4.69, 9.17) is 0 Å². The lowest BCUT2D eigenvalue weighted by Crippen LogP contribution is -2.47. The van der Waals surface area contributed by atoms with Crippen molar-refractivity contribution in [3.63, 3.8) is 0 Å².